The van der Waals surface area contributed by atoms with Gasteiger partial charge in [0.2, 0.25) is 23.7 Å². The molecule has 1 aromatic heterocycles. The Morgan fingerprint density at radius 1 is 1.07 bits per heavy atom. The quantitative estimate of drug-likeness (QED) is 0.399. The molecule has 0 bridgehead atoms. The number of benzene rings is 1. The summed E-state index contributed by atoms with van der Waals surface area (Å²) in [6.07, 6.45) is 5.48. The van der Waals surface area contributed by atoms with Crippen LogP contribution in [0.5, 0.6) is 11.5 Å². The molecule has 0 spiro atoms. The number of anilines is 2. The van der Waals surface area contributed by atoms with Gasteiger partial charge in [0, 0.05) is 62.8 Å². The number of hydrogen-bond acceptors (Lipinski definition) is 10. The first-order chi connectivity index (χ1) is 20.7. The number of nitrogens with zero attached hydrogens (tertiary/aromatic N) is 5. The Bertz CT molecular complexity index is 1390. The van der Waals surface area contributed by atoms with Crippen molar-refractivity contribution in [3.05, 3.63) is 24.3 Å². The minimum atomic E-state index is -0.656. The smallest absolute Gasteiger partial charge is 0.248 e. The minimum absolute atomic E-state index is 0.0180. The monoisotopic (exact) mass is 612 g/mol. The van der Waals surface area contributed by atoms with E-state index in [1.54, 1.807) is 42.0 Å². The van der Waals surface area contributed by atoms with Crippen LogP contribution in [0.25, 0.3) is 10.9 Å². The second-order valence-electron chi connectivity index (χ2n) is 10.6. The molecular weight excluding hydrogens is 572 g/mol. The summed E-state index contributed by atoms with van der Waals surface area (Å²) in [5.41, 5.74) is 0.552. The third kappa shape index (κ3) is 7.56. The summed E-state index contributed by atoms with van der Waals surface area (Å²) in [5.74, 6) is 1.14. The standard InChI is InChI=1S/C30H40N6O6S/c1-6-7-10-26(38)34-12-14-35(15-13-34)30-31-22-17-25(42-5)24(41-4)16-21(22)27(33-30)32-28(39)23-9-8-11-36(23)29(40)19(2)18-43-20(3)37/h7,10,16-17,19,23H,6,8-9,11-15,18H2,1-5H3,(H,31,32,33,39). The van der Waals surface area contributed by atoms with Crippen LogP contribution in [0.4, 0.5) is 11.8 Å². The molecule has 4 rings (SSSR count). The van der Waals surface area contributed by atoms with Gasteiger partial charge in [0.05, 0.1) is 19.7 Å². The van der Waals surface area contributed by atoms with Crippen molar-refractivity contribution in [1.29, 1.82) is 0 Å². The topological polar surface area (TPSA) is 134 Å². The van der Waals surface area contributed by atoms with Crippen LogP contribution in [-0.4, -0.2) is 101 Å². The van der Waals surface area contributed by atoms with E-state index in [4.69, 9.17) is 19.4 Å². The largest absolute Gasteiger partial charge is 0.493 e. The lowest BCUT2D eigenvalue weighted by atomic mass is 10.1. The number of likely N-dealkylation sites (tertiary alicyclic amines) is 1. The average molecular weight is 613 g/mol. The SMILES string of the molecule is CCC=CC(=O)N1CCN(c2nc(NC(=O)C3CCCN3C(=O)C(C)CSC(C)=O)c3cc(OC)c(OC)cc3n2)CC1. The number of hydrogen-bond donors (Lipinski definition) is 1. The molecule has 2 aliphatic rings. The lowest BCUT2D eigenvalue weighted by Crippen LogP contribution is -2.49. The molecule has 2 atom stereocenters. The van der Waals surface area contributed by atoms with E-state index in [2.05, 4.69) is 5.32 Å². The summed E-state index contributed by atoms with van der Waals surface area (Å²) in [6, 6.07) is 2.81. The lowest BCUT2D eigenvalue weighted by Gasteiger charge is -2.34. The number of amides is 3. The highest BCUT2D eigenvalue weighted by Gasteiger charge is 2.36. The van der Waals surface area contributed by atoms with Gasteiger partial charge >= 0.3 is 0 Å². The number of thioether (sulfide) groups is 1. The highest BCUT2D eigenvalue weighted by atomic mass is 32.2. The van der Waals surface area contributed by atoms with Gasteiger partial charge in [-0.15, -0.1) is 0 Å². The highest BCUT2D eigenvalue weighted by molar-refractivity contribution is 8.13. The Hall–Kier alpha value is -3.87. The fraction of sp³-hybridized carbons (Fsp3) is 0.533. The molecule has 3 amide bonds. The number of rotatable bonds is 10. The number of ether oxygens (including phenoxy) is 2. The predicted octanol–water partition coefficient (Wildman–Crippen LogP) is 3.11. The average Bonchev–Trinajstić information content (AvgIpc) is 3.51. The Morgan fingerprint density at radius 2 is 1.77 bits per heavy atom. The second kappa shape index (κ2) is 14.5. The van der Waals surface area contributed by atoms with E-state index in [1.807, 2.05) is 17.9 Å². The van der Waals surface area contributed by atoms with Gasteiger partial charge in [0.25, 0.3) is 0 Å². The Labute approximate surface area is 256 Å². The van der Waals surface area contributed by atoms with Crippen LogP contribution in [-0.2, 0) is 19.2 Å². The lowest BCUT2D eigenvalue weighted by molar-refractivity contribution is -0.139. The predicted molar refractivity (Wildman–Crippen MR) is 167 cm³/mol. The molecule has 3 heterocycles. The Morgan fingerprint density at radius 3 is 2.42 bits per heavy atom. The molecule has 2 saturated heterocycles. The molecule has 2 aromatic rings. The second-order valence-corrected chi connectivity index (χ2v) is 11.8. The number of fused-ring (bicyclic) bond motifs is 1. The Kier molecular flexibility index (Phi) is 10.8. The van der Waals surface area contributed by atoms with Gasteiger partial charge in [-0.3, -0.25) is 19.2 Å². The number of aromatic nitrogens is 2. The van der Waals surface area contributed by atoms with Crippen molar-refractivity contribution in [3.63, 3.8) is 0 Å². The number of piperazine rings is 1. The molecule has 13 heteroatoms. The van der Waals surface area contributed by atoms with E-state index in [1.165, 1.54) is 14.0 Å². The van der Waals surface area contributed by atoms with Crippen LogP contribution in [0.2, 0.25) is 0 Å². The zero-order chi connectivity index (χ0) is 31.1. The van der Waals surface area contributed by atoms with Gasteiger partial charge in [-0.2, -0.15) is 4.98 Å². The van der Waals surface area contributed by atoms with Gasteiger partial charge < -0.3 is 29.5 Å². The summed E-state index contributed by atoms with van der Waals surface area (Å²) in [6.45, 7) is 7.80. The molecule has 2 fully saturated rings. The van der Waals surface area contributed by atoms with Gasteiger partial charge in [-0.05, 0) is 31.4 Å². The molecule has 0 saturated carbocycles. The zero-order valence-corrected chi connectivity index (χ0v) is 26.2. The molecule has 0 radical (unpaired) electrons. The fourth-order valence-corrected chi connectivity index (χ4v) is 5.86. The van der Waals surface area contributed by atoms with E-state index >= 15 is 0 Å². The molecule has 2 aliphatic heterocycles. The number of methoxy groups -OCH3 is 2. The highest BCUT2D eigenvalue weighted by Crippen LogP contribution is 2.35. The number of carbonyl (C=O) groups is 4. The van der Waals surface area contributed by atoms with Gasteiger partial charge in [-0.25, -0.2) is 4.98 Å². The molecule has 232 valence electrons. The third-order valence-electron chi connectivity index (χ3n) is 7.60. The van der Waals surface area contributed by atoms with Crippen LogP contribution in [0.15, 0.2) is 24.3 Å². The first-order valence-corrected chi connectivity index (χ1v) is 15.5. The summed E-state index contributed by atoms with van der Waals surface area (Å²) >= 11 is 1.11. The van der Waals surface area contributed by atoms with Gasteiger partial charge in [0.15, 0.2) is 16.6 Å². The molecule has 1 N–H and O–H groups in total. The van der Waals surface area contributed by atoms with Crippen molar-refractivity contribution < 1.29 is 28.7 Å². The summed E-state index contributed by atoms with van der Waals surface area (Å²) in [5, 5.41) is 3.50. The maximum Gasteiger partial charge on any atom is 0.248 e. The van der Waals surface area contributed by atoms with E-state index < -0.39 is 12.0 Å². The van der Waals surface area contributed by atoms with Crippen molar-refractivity contribution >= 4 is 57.3 Å². The van der Waals surface area contributed by atoms with E-state index in [9.17, 15) is 19.2 Å². The number of carbonyl (C=O) groups excluding carboxylic acids is 4. The van der Waals surface area contributed by atoms with Crippen LogP contribution in [0.1, 0.15) is 40.0 Å². The molecule has 1 aromatic carbocycles. The third-order valence-corrected chi connectivity index (χ3v) is 8.67. The van der Waals surface area contributed by atoms with Crippen molar-refractivity contribution in [2.45, 2.75) is 46.1 Å². The van der Waals surface area contributed by atoms with Crippen LogP contribution in [0, 0.1) is 5.92 Å². The van der Waals surface area contributed by atoms with Crippen molar-refractivity contribution in [3.8, 4) is 11.5 Å². The number of nitrogens with one attached hydrogen (secondary N) is 1. The van der Waals surface area contributed by atoms with Crippen LogP contribution < -0.4 is 19.7 Å². The van der Waals surface area contributed by atoms with Crippen molar-refractivity contribution in [2.24, 2.45) is 5.92 Å². The maximum atomic E-state index is 13.7. The molecule has 12 nitrogen and oxygen atoms in total. The minimum Gasteiger partial charge on any atom is -0.493 e. The number of allylic oxidation sites excluding steroid dienone is 1. The van der Waals surface area contributed by atoms with Crippen molar-refractivity contribution in [2.75, 3.05) is 62.9 Å². The normalized spacial score (nSPS) is 17.8. The molecule has 0 aliphatic carbocycles. The fourth-order valence-electron chi connectivity index (χ4n) is 5.23. The van der Waals surface area contributed by atoms with Gasteiger partial charge in [-0.1, -0.05) is 31.7 Å². The van der Waals surface area contributed by atoms with Crippen LogP contribution in [0.3, 0.4) is 0 Å². The first-order valence-electron chi connectivity index (χ1n) is 14.6. The first kappa shape index (κ1) is 32.1. The molecule has 43 heavy (non-hydrogen) atoms. The van der Waals surface area contributed by atoms with E-state index in [-0.39, 0.29) is 22.8 Å². The van der Waals surface area contributed by atoms with E-state index in [0.717, 1.165) is 18.2 Å². The maximum absolute atomic E-state index is 13.7. The van der Waals surface area contributed by atoms with Gasteiger partial charge in [0.1, 0.15) is 11.9 Å². The van der Waals surface area contributed by atoms with Crippen LogP contribution >= 0.6 is 11.8 Å². The summed E-state index contributed by atoms with van der Waals surface area (Å²) in [4.78, 5) is 65.7. The zero-order valence-electron chi connectivity index (χ0n) is 25.4. The van der Waals surface area contributed by atoms with E-state index in [0.29, 0.717) is 85.5 Å². The summed E-state index contributed by atoms with van der Waals surface area (Å²) < 4.78 is 11.0. The Balaban J connectivity index is 1.60. The summed E-state index contributed by atoms with van der Waals surface area (Å²) in [7, 11) is 3.07. The molecular formula is C30H40N6O6S. The van der Waals surface area contributed by atoms with Crippen molar-refractivity contribution in [1.82, 2.24) is 19.8 Å². The molecule has 2 unspecified atom stereocenters.